The minimum atomic E-state index is -0.915. The first-order chi connectivity index (χ1) is 9.66. The number of benzene rings is 1. The first-order valence-electron chi connectivity index (χ1n) is 6.71. The van der Waals surface area contributed by atoms with Gasteiger partial charge in [-0.3, -0.25) is 4.79 Å². The molecule has 6 heteroatoms. The molecule has 1 aromatic carbocycles. The summed E-state index contributed by atoms with van der Waals surface area (Å²) >= 11 is 0. The number of hydrogen-bond donors (Lipinski definition) is 2. The smallest absolute Gasteiger partial charge is 0.407 e. The standard InChI is InChI=1S/C14H19N3O3/c18-13(11-15-12-5-2-1-3-6-12)16-7-4-8-17(10-9-16)14(19)20/h1-3,5-6,15H,4,7-11H2,(H,19,20). The van der Waals surface area contributed by atoms with Crippen LogP contribution in [0.5, 0.6) is 0 Å². The third-order valence-corrected chi connectivity index (χ3v) is 3.34. The Bertz CT molecular complexity index is 464. The van der Waals surface area contributed by atoms with Crippen LogP contribution in [0, 0.1) is 0 Å². The molecule has 6 nitrogen and oxygen atoms in total. The molecule has 1 aromatic rings. The number of nitrogens with zero attached hydrogens (tertiary/aromatic N) is 2. The van der Waals surface area contributed by atoms with Gasteiger partial charge in [-0.2, -0.15) is 0 Å². The van der Waals surface area contributed by atoms with Crippen molar-refractivity contribution in [2.24, 2.45) is 0 Å². The zero-order chi connectivity index (χ0) is 14.4. The van der Waals surface area contributed by atoms with E-state index in [0.717, 1.165) is 5.69 Å². The van der Waals surface area contributed by atoms with Gasteiger partial charge in [-0.25, -0.2) is 4.79 Å². The van der Waals surface area contributed by atoms with E-state index in [9.17, 15) is 9.59 Å². The van der Waals surface area contributed by atoms with Crippen LogP contribution >= 0.6 is 0 Å². The van der Waals surface area contributed by atoms with Crippen LogP contribution in [-0.2, 0) is 4.79 Å². The van der Waals surface area contributed by atoms with Crippen LogP contribution in [0.2, 0.25) is 0 Å². The Morgan fingerprint density at radius 3 is 2.40 bits per heavy atom. The number of hydrogen-bond acceptors (Lipinski definition) is 3. The average Bonchev–Trinajstić information content (AvgIpc) is 2.72. The molecule has 2 amide bonds. The molecule has 2 rings (SSSR count). The molecule has 0 saturated carbocycles. The average molecular weight is 277 g/mol. The quantitative estimate of drug-likeness (QED) is 0.873. The van der Waals surface area contributed by atoms with Crippen molar-refractivity contribution in [3.63, 3.8) is 0 Å². The third kappa shape index (κ3) is 3.88. The minimum absolute atomic E-state index is 0.00101. The Kier molecular flexibility index (Phi) is 4.81. The van der Waals surface area contributed by atoms with Gasteiger partial charge in [0, 0.05) is 31.9 Å². The molecule has 1 heterocycles. The van der Waals surface area contributed by atoms with Crippen LogP contribution in [0.1, 0.15) is 6.42 Å². The summed E-state index contributed by atoms with van der Waals surface area (Å²) in [5, 5.41) is 12.0. The van der Waals surface area contributed by atoms with Gasteiger partial charge in [-0.05, 0) is 18.6 Å². The van der Waals surface area contributed by atoms with Gasteiger partial charge in [0.25, 0.3) is 0 Å². The van der Waals surface area contributed by atoms with Gasteiger partial charge in [0.2, 0.25) is 5.91 Å². The number of amides is 2. The Hall–Kier alpha value is -2.24. The molecule has 0 aliphatic carbocycles. The second-order valence-electron chi connectivity index (χ2n) is 4.72. The van der Waals surface area contributed by atoms with Gasteiger partial charge in [0.15, 0.2) is 0 Å². The zero-order valence-corrected chi connectivity index (χ0v) is 11.3. The lowest BCUT2D eigenvalue weighted by atomic mass is 10.3. The highest BCUT2D eigenvalue weighted by Gasteiger charge is 2.21. The predicted octanol–water partition coefficient (Wildman–Crippen LogP) is 1.31. The van der Waals surface area contributed by atoms with E-state index in [1.54, 1.807) is 4.90 Å². The van der Waals surface area contributed by atoms with Gasteiger partial charge in [0.1, 0.15) is 0 Å². The van der Waals surface area contributed by atoms with Crippen LogP contribution in [0.3, 0.4) is 0 Å². The highest BCUT2D eigenvalue weighted by Crippen LogP contribution is 2.07. The van der Waals surface area contributed by atoms with Crippen LogP contribution in [-0.4, -0.2) is 59.6 Å². The minimum Gasteiger partial charge on any atom is -0.465 e. The van der Waals surface area contributed by atoms with Crippen molar-refractivity contribution in [2.75, 3.05) is 38.0 Å². The number of carboxylic acid groups (broad SMARTS) is 1. The summed E-state index contributed by atoms with van der Waals surface area (Å²) < 4.78 is 0. The fourth-order valence-corrected chi connectivity index (χ4v) is 2.20. The lowest BCUT2D eigenvalue weighted by Gasteiger charge is -2.21. The van der Waals surface area contributed by atoms with E-state index in [-0.39, 0.29) is 12.5 Å². The van der Waals surface area contributed by atoms with E-state index in [1.807, 2.05) is 30.3 Å². The second-order valence-corrected chi connectivity index (χ2v) is 4.72. The van der Waals surface area contributed by atoms with Crippen molar-refractivity contribution in [1.82, 2.24) is 9.80 Å². The van der Waals surface area contributed by atoms with E-state index in [2.05, 4.69) is 5.32 Å². The molecule has 108 valence electrons. The van der Waals surface area contributed by atoms with E-state index in [1.165, 1.54) is 4.90 Å². The van der Waals surface area contributed by atoms with Gasteiger partial charge in [-0.1, -0.05) is 18.2 Å². The van der Waals surface area contributed by atoms with Crippen molar-refractivity contribution >= 4 is 17.7 Å². The molecular formula is C14H19N3O3. The van der Waals surface area contributed by atoms with Gasteiger partial charge < -0.3 is 20.2 Å². The van der Waals surface area contributed by atoms with Crippen LogP contribution in [0.15, 0.2) is 30.3 Å². The summed E-state index contributed by atoms with van der Waals surface area (Å²) in [4.78, 5) is 26.1. The summed E-state index contributed by atoms with van der Waals surface area (Å²) in [6.07, 6.45) is -0.231. The summed E-state index contributed by atoms with van der Waals surface area (Å²) in [7, 11) is 0. The van der Waals surface area contributed by atoms with Crippen LogP contribution in [0.4, 0.5) is 10.5 Å². The maximum atomic E-state index is 12.1. The van der Waals surface area contributed by atoms with Gasteiger partial charge in [0.05, 0.1) is 6.54 Å². The molecule has 0 atom stereocenters. The molecule has 2 N–H and O–H groups in total. The number of carbonyl (C=O) groups is 2. The third-order valence-electron chi connectivity index (χ3n) is 3.34. The van der Waals surface area contributed by atoms with Gasteiger partial charge >= 0.3 is 6.09 Å². The zero-order valence-electron chi connectivity index (χ0n) is 11.3. The van der Waals surface area contributed by atoms with Gasteiger partial charge in [-0.15, -0.1) is 0 Å². The number of nitrogens with one attached hydrogen (secondary N) is 1. The van der Waals surface area contributed by atoms with Crippen molar-refractivity contribution in [1.29, 1.82) is 0 Å². The van der Waals surface area contributed by atoms with Crippen LogP contribution < -0.4 is 5.32 Å². The molecule has 0 bridgehead atoms. The van der Waals surface area contributed by atoms with Crippen molar-refractivity contribution in [3.05, 3.63) is 30.3 Å². The number of para-hydroxylation sites is 1. The van der Waals surface area contributed by atoms with E-state index in [0.29, 0.717) is 32.6 Å². The highest BCUT2D eigenvalue weighted by molar-refractivity contribution is 5.81. The molecule has 0 unspecified atom stereocenters. The lowest BCUT2D eigenvalue weighted by Crippen LogP contribution is -2.39. The molecule has 0 aromatic heterocycles. The monoisotopic (exact) mass is 277 g/mol. The maximum Gasteiger partial charge on any atom is 0.407 e. The first-order valence-corrected chi connectivity index (χ1v) is 6.71. The summed E-state index contributed by atoms with van der Waals surface area (Å²) in [5.41, 5.74) is 0.905. The topological polar surface area (TPSA) is 72.9 Å². The van der Waals surface area contributed by atoms with Crippen molar-refractivity contribution in [3.8, 4) is 0 Å². The SMILES string of the molecule is O=C(O)N1CCCN(C(=O)CNc2ccccc2)CC1. The van der Waals surface area contributed by atoms with E-state index >= 15 is 0 Å². The largest absolute Gasteiger partial charge is 0.465 e. The fourth-order valence-electron chi connectivity index (χ4n) is 2.20. The number of carbonyl (C=O) groups excluding carboxylic acids is 1. The molecule has 1 fully saturated rings. The normalized spacial score (nSPS) is 15.6. The first kappa shape index (κ1) is 14.2. The van der Waals surface area contributed by atoms with Crippen molar-refractivity contribution < 1.29 is 14.7 Å². The number of rotatable bonds is 3. The van der Waals surface area contributed by atoms with Crippen molar-refractivity contribution in [2.45, 2.75) is 6.42 Å². The van der Waals surface area contributed by atoms with E-state index in [4.69, 9.17) is 5.11 Å². The molecule has 1 saturated heterocycles. The Balaban J connectivity index is 1.82. The number of anilines is 1. The van der Waals surface area contributed by atoms with E-state index < -0.39 is 6.09 Å². The summed E-state index contributed by atoms with van der Waals surface area (Å²) in [6.45, 7) is 2.18. The van der Waals surface area contributed by atoms with Crippen LogP contribution in [0.25, 0.3) is 0 Å². The second kappa shape index (κ2) is 6.79. The predicted molar refractivity (Wildman–Crippen MR) is 75.7 cm³/mol. The fraction of sp³-hybridized carbons (Fsp3) is 0.429. The Labute approximate surface area is 118 Å². The lowest BCUT2D eigenvalue weighted by molar-refractivity contribution is -0.129. The Morgan fingerprint density at radius 2 is 1.70 bits per heavy atom. The molecular weight excluding hydrogens is 258 g/mol. The Morgan fingerprint density at radius 1 is 1.05 bits per heavy atom. The molecule has 1 aliphatic heterocycles. The molecule has 1 aliphatic rings. The maximum absolute atomic E-state index is 12.1. The summed E-state index contributed by atoms with van der Waals surface area (Å²) in [6, 6.07) is 9.54. The highest BCUT2D eigenvalue weighted by atomic mass is 16.4. The molecule has 0 radical (unpaired) electrons. The summed E-state index contributed by atoms with van der Waals surface area (Å²) in [5.74, 6) is 0.00101. The molecule has 0 spiro atoms. The molecule has 20 heavy (non-hydrogen) atoms.